The molecule has 2 aliphatic rings. The summed E-state index contributed by atoms with van der Waals surface area (Å²) in [6.45, 7) is 8.69. The van der Waals surface area contributed by atoms with Gasteiger partial charge in [0, 0.05) is 45.2 Å². The van der Waals surface area contributed by atoms with E-state index in [4.69, 9.17) is 4.74 Å². The number of carbonyl (C=O) groups is 2. The highest BCUT2D eigenvalue weighted by atomic mass is 32.1. The van der Waals surface area contributed by atoms with Crippen LogP contribution in [0.25, 0.3) is 0 Å². The number of hydrogen-bond acceptors (Lipinski definition) is 8. The minimum absolute atomic E-state index is 0.0716. The average molecular weight is 410 g/mol. The minimum atomic E-state index is -0.521. The molecule has 1 aromatic rings. The number of aromatic nitrogens is 2. The number of amides is 1. The maximum absolute atomic E-state index is 13.0. The molecule has 0 spiro atoms. The second-order valence-corrected chi connectivity index (χ2v) is 9.10. The summed E-state index contributed by atoms with van der Waals surface area (Å²) in [6.07, 6.45) is 1.55. The number of esters is 1. The van der Waals surface area contributed by atoms with Gasteiger partial charge in [-0.2, -0.15) is 0 Å². The molecule has 2 saturated heterocycles. The van der Waals surface area contributed by atoms with Crippen molar-refractivity contribution in [3.63, 3.8) is 0 Å². The molecule has 2 fully saturated rings. The van der Waals surface area contributed by atoms with Crippen molar-refractivity contribution in [2.24, 2.45) is 11.3 Å². The first-order chi connectivity index (χ1) is 13.4. The van der Waals surface area contributed by atoms with Crippen LogP contribution in [0.2, 0.25) is 0 Å². The highest BCUT2D eigenvalue weighted by molar-refractivity contribution is 7.05. The van der Waals surface area contributed by atoms with Crippen molar-refractivity contribution in [1.82, 2.24) is 24.3 Å². The molecule has 1 amide bonds. The third-order valence-electron chi connectivity index (χ3n) is 5.94. The van der Waals surface area contributed by atoms with Crippen LogP contribution in [-0.2, 0) is 9.53 Å². The number of likely N-dealkylation sites (N-methyl/N-ethyl adjacent to an activating group) is 1. The van der Waals surface area contributed by atoms with E-state index in [1.807, 2.05) is 18.7 Å². The molecule has 3 rings (SSSR count). The van der Waals surface area contributed by atoms with Crippen LogP contribution in [0.1, 0.15) is 35.1 Å². The summed E-state index contributed by atoms with van der Waals surface area (Å²) in [5, 5.41) is 4.02. The second-order valence-electron chi connectivity index (χ2n) is 8.14. The highest BCUT2D eigenvalue weighted by Crippen LogP contribution is 2.44. The van der Waals surface area contributed by atoms with Gasteiger partial charge in [0.2, 0.25) is 0 Å². The Morgan fingerprint density at radius 2 is 2.14 bits per heavy atom. The van der Waals surface area contributed by atoms with Crippen molar-refractivity contribution >= 4 is 23.4 Å². The zero-order chi connectivity index (χ0) is 20.3. The quantitative estimate of drug-likeness (QED) is 0.652. The Hall–Kier alpha value is -1.58. The summed E-state index contributed by atoms with van der Waals surface area (Å²) in [5.41, 5.74) is -0.0803. The van der Waals surface area contributed by atoms with E-state index in [9.17, 15) is 9.59 Å². The van der Waals surface area contributed by atoms with E-state index in [1.165, 1.54) is 11.5 Å². The fraction of sp³-hybridized carbons (Fsp3) is 0.789. The molecule has 28 heavy (non-hydrogen) atoms. The number of aryl methyl sites for hydroxylation is 1. The van der Waals surface area contributed by atoms with Crippen LogP contribution < -0.4 is 0 Å². The zero-order valence-corrected chi connectivity index (χ0v) is 18.1. The first kappa shape index (κ1) is 21.1. The third-order valence-corrected chi connectivity index (χ3v) is 6.58. The molecule has 156 valence electrons. The van der Waals surface area contributed by atoms with E-state index < -0.39 is 5.41 Å². The molecule has 9 heteroatoms. The molecule has 0 aromatic carbocycles. The van der Waals surface area contributed by atoms with Gasteiger partial charge in [0.25, 0.3) is 5.91 Å². The van der Waals surface area contributed by atoms with Crippen molar-refractivity contribution in [3.8, 4) is 0 Å². The Morgan fingerprint density at radius 3 is 2.79 bits per heavy atom. The fourth-order valence-corrected chi connectivity index (χ4v) is 4.88. The van der Waals surface area contributed by atoms with Crippen molar-refractivity contribution in [2.45, 2.75) is 26.7 Å². The number of rotatable bonds is 6. The summed E-state index contributed by atoms with van der Waals surface area (Å²) in [5.74, 6) is -0.0992. The molecule has 0 unspecified atom stereocenters. The van der Waals surface area contributed by atoms with E-state index in [2.05, 4.69) is 33.5 Å². The molecule has 0 saturated carbocycles. The number of nitrogens with zero attached hydrogens (tertiary/aromatic N) is 5. The smallest absolute Gasteiger partial charge is 0.313 e. The SMILES string of the molecule is CCOC(=O)[C@]12CCCN(C(=O)c3nnsc3C)C[C@H]1CN(CCN(C)C)C2. The van der Waals surface area contributed by atoms with Gasteiger partial charge in [-0.05, 0) is 52.3 Å². The van der Waals surface area contributed by atoms with Crippen LogP contribution in [0.4, 0.5) is 0 Å². The maximum atomic E-state index is 13.0. The number of fused-ring (bicyclic) bond motifs is 1. The Kier molecular flexibility index (Phi) is 6.67. The van der Waals surface area contributed by atoms with E-state index >= 15 is 0 Å². The predicted molar refractivity (Wildman–Crippen MR) is 107 cm³/mol. The Bertz CT molecular complexity index is 709. The molecule has 3 heterocycles. The molecule has 1 aromatic heterocycles. The standard InChI is InChI=1S/C19H31N5O3S/c1-5-27-18(26)19-7-6-8-24(17(25)16-14(2)28-21-20-16)12-15(19)11-23(13-19)10-9-22(3)4/h15H,5-13H2,1-4H3/t15-,19+/m1/s1. The third kappa shape index (κ3) is 4.21. The zero-order valence-electron chi connectivity index (χ0n) is 17.3. The number of hydrogen-bond donors (Lipinski definition) is 0. The molecular formula is C19H31N5O3S. The summed E-state index contributed by atoms with van der Waals surface area (Å²) in [7, 11) is 4.11. The molecule has 8 nitrogen and oxygen atoms in total. The fourth-order valence-electron chi connectivity index (χ4n) is 4.42. The molecule has 0 N–H and O–H groups in total. The largest absolute Gasteiger partial charge is 0.466 e. The van der Waals surface area contributed by atoms with Gasteiger partial charge in [0.05, 0.1) is 16.9 Å². The Morgan fingerprint density at radius 1 is 1.36 bits per heavy atom. The average Bonchev–Trinajstić information content (AvgIpc) is 3.18. The van der Waals surface area contributed by atoms with Crippen molar-refractivity contribution in [1.29, 1.82) is 0 Å². The van der Waals surface area contributed by atoms with Gasteiger partial charge in [-0.3, -0.25) is 9.59 Å². The lowest BCUT2D eigenvalue weighted by Gasteiger charge is -2.31. The maximum Gasteiger partial charge on any atom is 0.313 e. The van der Waals surface area contributed by atoms with Crippen molar-refractivity contribution in [2.75, 3.05) is 60.0 Å². The molecule has 0 aliphatic carbocycles. The van der Waals surface area contributed by atoms with Gasteiger partial charge >= 0.3 is 5.97 Å². The lowest BCUT2D eigenvalue weighted by atomic mass is 9.75. The molecule has 0 radical (unpaired) electrons. The van der Waals surface area contributed by atoms with Gasteiger partial charge in [-0.1, -0.05) is 4.49 Å². The van der Waals surface area contributed by atoms with Crippen LogP contribution >= 0.6 is 11.5 Å². The van der Waals surface area contributed by atoms with E-state index in [0.717, 1.165) is 37.4 Å². The topological polar surface area (TPSA) is 78.9 Å². The number of carbonyl (C=O) groups excluding carboxylic acids is 2. The van der Waals surface area contributed by atoms with Gasteiger partial charge in [-0.15, -0.1) is 5.10 Å². The Balaban J connectivity index is 1.81. The Labute approximate surface area is 171 Å². The van der Waals surface area contributed by atoms with Gasteiger partial charge in [-0.25, -0.2) is 0 Å². The summed E-state index contributed by atoms with van der Waals surface area (Å²) >= 11 is 1.25. The van der Waals surface area contributed by atoms with E-state index in [0.29, 0.717) is 31.9 Å². The second kappa shape index (κ2) is 8.84. The summed E-state index contributed by atoms with van der Waals surface area (Å²) in [4.78, 5) is 33.2. The van der Waals surface area contributed by atoms with E-state index in [1.54, 1.807) is 0 Å². The monoisotopic (exact) mass is 409 g/mol. The van der Waals surface area contributed by atoms with Crippen LogP contribution in [0.15, 0.2) is 0 Å². The number of ether oxygens (including phenoxy) is 1. The molecule has 0 bridgehead atoms. The lowest BCUT2D eigenvalue weighted by Crippen LogP contribution is -2.43. The van der Waals surface area contributed by atoms with Gasteiger partial charge < -0.3 is 19.4 Å². The predicted octanol–water partition coefficient (Wildman–Crippen LogP) is 1.13. The van der Waals surface area contributed by atoms with Gasteiger partial charge in [0.15, 0.2) is 5.69 Å². The van der Waals surface area contributed by atoms with E-state index in [-0.39, 0.29) is 17.8 Å². The summed E-state index contributed by atoms with van der Waals surface area (Å²) < 4.78 is 9.41. The van der Waals surface area contributed by atoms with Crippen molar-refractivity contribution < 1.29 is 14.3 Å². The van der Waals surface area contributed by atoms with Crippen LogP contribution in [0.5, 0.6) is 0 Å². The van der Waals surface area contributed by atoms with Crippen LogP contribution in [0.3, 0.4) is 0 Å². The minimum Gasteiger partial charge on any atom is -0.466 e. The first-order valence-electron chi connectivity index (χ1n) is 10.00. The van der Waals surface area contributed by atoms with Crippen molar-refractivity contribution in [3.05, 3.63) is 10.6 Å². The normalized spacial score (nSPS) is 25.6. The summed E-state index contributed by atoms with van der Waals surface area (Å²) in [6, 6.07) is 0. The molecule has 2 atom stereocenters. The van der Waals surface area contributed by atoms with Crippen LogP contribution in [-0.4, -0.2) is 96.1 Å². The highest BCUT2D eigenvalue weighted by Gasteiger charge is 2.54. The van der Waals surface area contributed by atoms with Crippen LogP contribution in [0, 0.1) is 18.3 Å². The first-order valence-corrected chi connectivity index (χ1v) is 10.8. The number of likely N-dealkylation sites (tertiary alicyclic amines) is 2. The molecular weight excluding hydrogens is 378 g/mol. The lowest BCUT2D eigenvalue weighted by molar-refractivity contribution is -0.157. The molecule has 2 aliphatic heterocycles. The van der Waals surface area contributed by atoms with Gasteiger partial charge in [0.1, 0.15) is 0 Å².